The molecule has 0 aromatic carbocycles. The van der Waals surface area contributed by atoms with E-state index in [2.05, 4.69) is 50.2 Å². The number of piperidine rings is 1. The normalized spacial score (nSPS) is 17.6. The van der Waals surface area contributed by atoms with Gasteiger partial charge in [-0.3, -0.25) is 9.88 Å². The smallest absolute Gasteiger partial charge is 0.0544 e. The average Bonchev–Trinajstić information content (AvgIpc) is 2.39. The highest BCUT2D eigenvalue weighted by molar-refractivity contribution is 9.10. The Balaban J connectivity index is 1.96. The second-order valence-corrected chi connectivity index (χ2v) is 5.43. The zero-order valence-corrected chi connectivity index (χ0v) is 11.9. The molecule has 94 valence electrons. The van der Waals surface area contributed by atoms with E-state index in [4.69, 9.17) is 0 Å². The molecular weight excluding hydrogens is 278 g/mol. The molecule has 1 saturated heterocycles. The zero-order valence-electron chi connectivity index (χ0n) is 10.3. The average molecular weight is 298 g/mol. The van der Waals surface area contributed by atoms with Crippen LogP contribution < -0.4 is 5.32 Å². The topological polar surface area (TPSA) is 28.2 Å². The van der Waals surface area contributed by atoms with Crippen molar-refractivity contribution in [3.8, 4) is 0 Å². The van der Waals surface area contributed by atoms with Crippen molar-refractivity contribution in [2.75, 3.05) is 19.6 Å². The molecule has 17 heavy (non-hydrogen) atoms. The first kappa shape index (κ1) is 13.0. The minimum absolute atomic E-state index is 0.715. The van der Waals surface area contributed by atoms with Gasteiger partial charge in [-0.2, -0.15) is 0 Å². The van der Waals surface area contributed by atoms with E-state index in [1.807, 2.05) is 6.20 Å². The van der Waals surface area contributed by atoms with Crippen molar-refractivity contribution in [3.63, 3.8) is 0 Å². The third kappa shape index (κ3) is 3.76. The predicted octanol–water partition coefficient (Wildman–Crippen LogP) is 2.42. The van der Waals surface area contributed by atoms with Gasteiger partial charge in [0, 0.05) is 23.3 Å². The molecule has 0 unspecified atom stereocenters. The fraction of sp³-hybridized carbons (Fsp3) is 0.615. The molecule has 2 rings (SSSR count). The SMILES string of the molecule is CCN(Cc1ccc(Br)cn1)C1CCNCC1. The fourth-order valence-electron chi connectivity index (χ4n) is 2.38. The molecule has 1 aliphatic rings. The Hall–Kier alpha value is -0.450. The Kier molecular flexibility index (Phi) is 4.95. The van der Waals surface area contributed by atoms with Crippen LogP contribution in [0.2, 0.25) is 0 Å². The second kappa shape index (κ2) is 6.47. The third-order valence-corrected chi connectivity index (χ3v) is 3.85. The van der Waals surface area contributed by atoms with Crippen molar-refractivity contribution in [1.82, 2.24) is 15.2 Å². The van der Waals surface area contributed by atoms with Crippen LogP contribution in [0, 0.1) is 0 Å². The van der Waals surface area contributed by atoms with Gasteiger partial charge in [0.15, 0.2) is 0 Å². The molecular formula is C13H20BrN3. The summed E-state index contributed by atoms with van der Waals surface area (Å²) >= 11 is 3.42. The van der Waals surface area contributed by atoms with Gasteiger partial charge in [0.05, 0.1) is 5.69 Å². The van der Waals surface area contributed by atoms with Gasteiger partial charge in [0.1, 0.15) is 0 Å². The first-order valence-corrected chi connectivity index (χ1v) is 7.14. The standard InChI is InChI=1S/C13H20BrN3/c1-2-17(13-5-7-15-8-6-13)10-12-4-3-11(14)9-16-12/h3-4,9,13,15H,2,5-8,10H2,1H3. The molecule has 1 aliphatic heterocycles. The molecule has 1 aromatic heterocycles. The van der Waals surface area contributed by atoms with Crippen molar-refractivity contribution < 1.29 is 0 Å². The summed E-state index contributed by atoms with van der Waals surface area (Å²) in [6.45, 7) is 6.60. The van der Waals surface area contributed by atoms with Crippen LogP contribution in [0.1, 0.15) is 25.5 Å². The van der Waals surface area contributed by atoms with Gasteiger partial charge in [-0.15, -0.1) is 0 Å². The number of hydrogen-bond acceptors (Lipinski definition) is 3. The molecule has 1 N–H and O–H groups in total. The molecule has 3 nitrogen and oxygen atoms in total. The third-order valence-electron chi connectivity index (χ3n) is 3.38. The molecule has 4 heteroatoms. The molecule has 0 atom stereocenters. The van der Waals surface area contributed by atoms with Crippen LogP contribution in [0.15, 0.2) is 22.8 Å². The van der Waals surface area contributed by atoms with Crippen LogP contribution in [0.25, 0.3) is 0 Å². The number of hydrogen-bond donors (Lipinski definition) is 1. The van der Waals surface area contributed by atoms with Crippen molar-refractivity contribution in [1.29, 1.82) is 0 Å². The van der Waals surface area contributed by atoms with Crippen molar-refractivity contribution in [2.45, 2.75) is 32.4 Å². The summed E-state index contributed by atoms with van der Waals surface area (Å²) in [5, 5.41) is 3.42. The Morgan fingerprint density at radius 1 is 1.41 bits per heavy atom. The molecule has 1 aromatic rings. The monoisotopic (exact) mass is 297 g/mol. The minimum Gasteiger partial charge on any atom is -0.317 e. The first-order valence-electron chi connectivity index (χ1n) is 6.35. The highest BCUT2D eigenvalue weighted by Gasteiger charge is 2.19. The first-order chi connectivity index (χ1) is 8.29. The Morgan fingerprint density at radius 3 is 2.76 bits per heavy atom. The van der Waals surface area contributed by atoms with Gasteiger partial charge in [0.25, 0.3) is 0 Å². The highest BCUT2D eigenvalue weighted by Crippen LogP contribution is 2.15. The van der Waals surface area contributed by atoms with Gasteiger partial charge in [-0.05, 0) is 60.5 Å². The summed E-state index contributed by atoms with van der Waals surface area (Å²) in [6.07, 6.45) is 4.39. The molecule has 0 bridgehead atoms. The fourth-order valence-corrected chi connectivity index (χ4v) is 2.61. The minimum atomic E-state index is 0.715. The van der Waals surface area contributed by atoms with E-state index in [1.165, 1.54) is 12.8 Å². The number of nitrogens with one attached hydrogen (secondary N) is 1. The van der Waals surface area contributed by atoms with Gasteiger partial charge in [-0.1, -0.05) is 6.92 Å². The number of aromatic nitrogens is 1. The Labute approximate surface area is 112 Å². The molecule has 0 saturated carbocycles. The molecule has 0 aliphatic carbocycles. The lowest BCUT2D eigenvalue weighted by molar-refractivity contribution is 0.160. The Bertz CT molecular complexity index is 333. The van der Waals surface area contributed by atoms with E-state index in [-0.39, 0.29) is 0 Å². The van der Waals surface area contributed by atoms with Crippen LogP contribution >= 0.6 is 15.9 Å². The lowest BCUT2D eigenvalue weighted by Gasteiger charge is -2.33. The van der Waals surface area contributed by atoms with E-state index >= 15 is 0 Å². The maximum absolute atomic E-state index is 4.46. The summed E-state index contributed by atoms with van der Waals surface area (Å²) in [7, 11) is 0. The second-order valence-electron chi connectivity index (χ2n) is 4.51. The molecule has 0 radical (unpaired) electrons. The quantitative estimate of drug-likeness (QED) is 0.925. The van der Waals surface area contributed by atoms with Crippen LogP contribution in [0.3, 0.4) is 0 Å². The molecule has 1 fully saturated rings. The van der Waals surface area contributed by atoms with Crippen LogP contribution in [0.5, 0.6) is 0 Å². The van der Waals surface area contributed by atoms with Crippen LogP contribution in [0.4, 0.5) is 0 Å². The summed E-state index contributed by atoms with van der Waals surface area (Å²) in [4.78, 5) is 7.00. The summed E-state index contributed by atoms with van der Waals surface area (Å²) in [5.74, 6) is 0. The van der Waals surface area contributed by atoms with Crippen molar-refractivity contribution in [2.24, 2.45) is 0 Å². The van der Waals surface area contributed by atoms with Gasteiger partial charge >= 0.3 is 0 Å². The van der Waals surface area contributed by atoms with Crippen molar-refractivity contribution in [3.05, 3.63) is 28.5 Å². The zero-order chi connectivity index (χ0) is 12.1. The van der Waals surface area contributed by atoms with Crippen molar-refractivity contribution >= 4 is 15.9 Å². The number of rotatable bonds is 4. The summed E-state index contributed by atoms with van der Waals surface area (Å²) in [6, 6.07) is 4.89. The van der Waals surface area contributed by atoms with Gasteiger partial charge < -0.3 is 5.32 Å². The van der Waals surface area contributed by atoms with Gasteiger partial charge in [0.2, 0.25) is 0 Å². The van der Waals surface area contributed by atoms with E-state index in [0.29, 0.717) is 6.04 Å². The molecule has 0 spiro atoms. The largest absolute Gasteiger partial charge is 0.317 e. The van der Waals surface area contributed by atoms with E-state index in [9.17, 15) is 0 Å². The number of nitrogens with zero attached hydrogens (tertiary/aromatic N) is 2. The maximum Gasteiger partial charge on any atom is 0.0544 e. The molecule has 2 heterocycles. The number of pyridine rings is 1. The molecule has 0 amide bonds. The van der Waals surface area contributed by atoms with E-state index in [0.717, 1.165) is 36.3 Å². The highest BCUT2D eigenvalue weighted by atomic mass is 79.9. The Morgan fingerprint density at radius 2 is 2.18 bits per heavy atom. The lowest BCUT2D eigenvalue weighted by atomic mass is 10.0. The summed E-state index contributed by atoms with van der Waals surface area (Å²) < 4.78 is 1.05. The van der Waals surface area contributed by atoms with E-state index < -0.39 is 0 Å². The van der Waals surface area contributed by atoms with E-state index in [1.54, 1.807) is 0 Å². The number of halogens is 1. The van der Waals surface area contributed by atoms with Gasteiger partial charge in [-0.25, -0.2) is 0 Å². The lowest BCUT2D eigenvalue weighted by Crippen LogP contribution is -2.42. The maximum atomic E-state index is 4.46. The summed E-state index contributed by atoms with van der Waals surface area (Å²) in [5.41, 5.74) is 1.16. The van der Waals surface area contributed by atoms with Crippen LogP contribution in [-0.4, -0.2) is 35.6 Å². The van der Waals surface area contributed by atoms with Crippen LogP contribution in [-0.2, 0) is 6.54 Å². The predicted molar refractivity (Wildman–Crippen MR) is 73.9 cm³/mol.